The van der Waals surface area contributed by atoms with E-state index in [4.69, 9.17) is 22.9 Å². The van der Waals surface area contributed by atoms with Gasteiger partial charge in [0.1, 0.15) is 23.9 Å². The third-order valence-corrected chi connectivity index (χ3v) is 7.75. The number of nitrogens with two attached hydrogens (primary N) is 4. The monoisotopic (exact) mass is 610 g/mol. The maximum Gasteiger partial charge on any atom is 0.245 e. The number of phenols is 1. The quantitative estimate of drug-likeness (QED) is 0.153. The molecule has 0 spiro atoms. The van der Waals surface area contributed by atoms with E-state index in [0.29, 0.717) is 31.4 Å². The van der Waals surface area contributed by atoms with E-state index in [1.807, 2.05) is 24.3 Å². The molecule has 3 rings (SSSR count). The largest absolute Gasteiger partial charge is 0.508 e. The number of hydrogen-bond donors (Lipinski definition) is 8. The minimum absolute atomic E-state index is 0.00406. The Hall–Kier alpha value is -4.04. The van der Waals surface area contributed by atoms with Crippen molar-refractivity contribution in [1.29, 1.82) is 0 Å². The average molecular weight is 611 g/mol. The summed E-state index contributed by atoms with van der Waals surface area (Å²) in [6, 6.07) is 8.60. The van der Waals surface area contributed by atoms with Gasteiger partial charge in [-0.1, -0.05) is 30.3 Å². The number of rotatable bonds is 11. The molecule has 0 unspecified atom stereocenters. The summed E-state index contributed by atoms with van der Waals surface area (Å²) < 4.78 is 0. The van der Waals surface area contributed by atoms with Crippen molar-refractivity contribution in [2.24, 2.45) is 22.9 Å². The molecule has 13 heteroatoms. The second-order valence-electron chi connectivity index (χ2n) is 11.1. The zero-order valence-corrected chi connectivity index (χ0v) is 25.3. The fourth-order valence-corrected chi connectivity index (χ4v) is 5.20. The molecule has 2 aromatic rings. The topological polar surface area (TPSA) is 232 Å². The minimum atomic E-state index is -1.06. The highest BCUT2D eigenvalue weighted by atomic mass is 16.3. The van der Waals surface area contributed by atoms with Gasteiger partial charge < -0.3 is 48.9 Å². The van der Waals surface area contributed by atoms with Crippen LogP contribution in [0.4, 0.5) is 0 Å². The van der Waals surface area contributed by atoms with Crippen molar-refractivity contribution in [3.05, 3.63) is 53.6 Å². The molecule has 44 heavy (non-hydrogen) atoms. The Bertz CT molecular complexity index is 1310. The van der Waals surface area contributed by atoms with Gasteiger partial charge in [-0.2, -0.15) is 0 Å². The number of fused-ring (bicyclic) bond motifs is 5. The van der Waals surface area contributed by atoms with Crippen LogP contribution in [-0.2, 0) is 32.0 Å². The molecule has 0 aromatic heterocycles. The van der Waals surface area contributed by atoms with Crippen molar-refractivity contribution < 1.29 is 24.3 Å². The molecule has 2 aromatic carbocycles. The number of carbonyl (C=O) groups is 4. The van der Waals surface area contributed by atoms with Crippen LogP contribution >= 0.6 is 0 Å². The predicted octanol–water partition coefficient (Wildman–Crippen LogP) is -1.17. The number of phenolic OH excluding ortho intramolecular Hbond substituents is 1. The molecule has 4 amide bonds. The molecule has 0 saturated carbocycles. The van der Waals surface area contributed by atoms with Gasteiger partial charge in [0, 0.05) is 33.0 Å². The van der Waals surface area contributed by atoms with Crippen LogP contribution in [0.25, 0.3) is 11.1 Å². The lowest BCUT2D eigenvalue weighted by Gasteiger charge is -2.32. The highest BCUT2D eigenvalue weighted by Gasteiger charge is 2.35. The Kier molecular flexibility index (Phi) is 13.1. The summed E-state index contributed by atoms with van der Waals surface area (Å²) in [5.74, 6) is -2.00. The SMILES string of the molecule is CN1C(=O)[C@H](CCCN)NC(=O)[C@@H](N)Cc2cc(ccc2O)-c2cccc(c2)C[C@H]1C(=O)N[C@@H](CCCN)C(=O)NCCN. The summed E-state index contributed by atoms with van der Waals surface area (Å²) in [5, 5.41) is 18.8. The van der Waals surface area contributed by atoms with Crippen molar-refractivity contribution in [3.63, 3.8) is 0 Å². The van der Waals surface area contributed by atoms with Gasteiger partial charge in [-0.05, 0) is 73.2 Å². The van der Waals surface area contributed by atoms with E-state index in [1.54, 1.807) is 18.2 Å². The Balaban J connectivity index is 2.07. The van der Waals surface area contributed by atoms with Crippen molar-refractivity contribution in [2.45, 2.75) is 62.7 Å². The molecule has 0 fully saturated rings. The lowest BCUT2D eigenvalue weighted by Crippen LogP contribution is -2.59. The van der Waals surface area contributed by atoms with Gasteiger partial charge in [0.15, 0.2) is 0 Å². The lowest BCUT2D eigenvalue weighted by molar-refractivity contribution is -0.142. The average Bonchev–Trinajstić information content (AvgIpc) is 3.02. The van der Waals surface area contributed by atoms with Gasteiger partial charge >= 0.3 is 0 Å². The van der Waals surface area contributed by atoms with Crippen molar-refractivity contribution in [3.8, 4) is 16.9 Å². The van der Waals surface area contributed by atoms with Gasteiger partial charge in [0.25, 0.3) is 0 Å². The number of benzene rings is 2. The summed E-state index contributed by atoms with van der Waals surface area (Å²) in [6.45, 7) is 1.09. The molecule has 1 heterocycles. The summed E-state index contributed by atoms with van der Waals surface area (Å²) >= 11 is 0. The number of nitrogens with zero attached hydrogens (tertiary/aromatic N) is 1. The molecular formula is C31H46N8O5. The molecule has 1 aliphatic heterocycles. The smallest absolute Gasteiger partial charge is 0.245 e. The van der Waals surface area contributed by atoms with E-state index in [2.05, 4.69) is 16.0 Å². The first-order chi connectivity index (χ1) is 21.1. The van der Waals surface area contributed by atoms with Crippen molar-refractivity contribution in [2.75, 3.05) is 33.2 Å². The standard InChI is InChI=1S/C31H46N8O5/c1-39-26(30(43)37-24(7-3-11-32)29(42)36-14-13-34)16-19-5-2-6-20(15-19)21-9-10-27(40)22(17-21)18-23(35)28(41)38-25(31(39)44)8-4-12-33/h2,5-6,9-10,15,17,23-26,40H,3-4,7-8,11-14,16,18,32-35H2,1H3,(H,36,42)(H,37,43)(H,38,41)/t23-,24-,25-,26-/m0/s1. The fraction of sp³-hybridized carbons (Fsp3) is 0.484. The van der Waals surface area contributed by atoms with E-state index >= 15 is 0 Å². The maximum absolute atomic E-state index is 13.9. The van der Waals surface area contributed by atoms with Crippen LogP contribution in [0.15, 0.2) is 42.5 Å². The molecule has 4 atom stereocenters. The van der Waals surface area contributed by atoms with E-state index in [-0.39, 0.29) is 44.6 Å². The van der Waals surface area contributed by atoms with Crippen LogP contribution in [0.5, 0.6) is 5.75 Å². The second kappa shape index (κ2) is 16.7. The number of hydrogen-bond acceptors (Lipinski definition) is 9. The zero-order chi connectivity index (χ0) is 32.2. The third-order valence-electron chi connectivity index (χ3n) is 7.75. The van der Waals surface area contributed by atoms with Crippen molar-refractivity contribution >= 4 is 23.6 Å². The van der Waals surface area contributed by atoms with Crippen LogP contribution in [0.1, 0.15) is 36.8 Å². The van der Waals surface area contributed by atoms with Crippen LogP contribution in [0, 0.1) is 0 Å². The Labute approximate surface area is 258 Å². The van der Waals surface area contributed by atoms with E-state index in [9.17, 15) is 24.3 Å². The highest BCUT2D eigenvalue weighted by Crippen LogP contribution is 2.28. The molecule has 0 saturated heterocycles. The Morgan fingerprint density at radius 2 is 1.75 bits per heavy atom. The Morgan fingerprint density at radius 3 is 2.45 bits per heavy atom. The lowest BCUT2D eigenvalue weighted by atomic mass is 9.95. The fourth-order valence-electron chi connectivity index (χ4n) is 5.20. The number of nitrogens with one attached hydrogen (secondary N) is 3. The van der Waals surface area contributed by atoms with Crippen LogP contribution in [-0.4, -0.2) is 91.0 Å². The van der Waals surface area contributed by atoms with Crippen molar-refractivity contribution in [1.82, 2.24) is 20.9 Å². The first kappa shape index (κ1) is 34.5. The Morgan fingerprint density at radius 1 is 1.02 bits per heavy atom. The van der Waals surface area contributed by atoms with Crippen LogP contribution in [0.2, 0.25) is 0 Å². The first-order valence-corrected chi connectivity index (χ1v) is 15.0. The molecule has 13 nitrogen and oxygen atoms in total. The number of carbonyl (C=O) groups excluding carboxylic acids is 4. The summed E-state index contributed by atoms with van der Waals surface area (Å²) in [4.78, 5) is 55.2. The number of aromatic hydroxyl groups is 1. The summed E-state index contributed by atoms with van der Waals surface area (Å²) in [5.41, 5.74) is 26.0. The zero-order valence-electron chi connectivity index (χ0n) is 25.3. The third kappa shape index (κ3) is 9.23. The normalized spacial score (nSPS) is 19.8. The van der Waals surface area contributed by atoms with Crippen LogP contribution in [0.3, 0.4) is 0 Å². The minimum Gasteiger partial charge on any atom is -0.508 e. The summed E-state index contributed by atoms with van der Waals surface area (Å²) in [7, 11) is 1.50. The van der Waals surface area contributed by atoms with E-state index in [1.165, 1.54) is 11.9 Å². The predicted molar refractivity (Wildman–Crippen MR) is 168 cm³/mol. The number of amides is 4. The maximum atomic E-state index is 13.9. The van der Waals surface area contributed by atoms with E-state index in [0.717, 1.165) is 16.7 Å². The molecular weight excluding hydrogens is 564 g/mol. The first-order valence-electron chi connectivity index (χ1n) is 15.0. The molecule has 1 aliphatic rings. The highest BCUT2D eigenvalue weighted by molar-refractivity contribution is 5.95. The van der Waals surface area contributed by atoms with E-state index < -0.39 is 47.8 Å². The van der Waals surface area contributed by atoms with Gasteiger partial charge in [-0.3, -0.25) is 19.2 Å². The molecule has 4 bridgehead atoms. The second-order valence-corrected chi connectivity index (χ2v) is 11.1. The molecule has 0 aliphatic carbocycles. The number of likely N-dealkylation sites (N-methyl/N-ethyl adjacent to an activating group) is 1. The molecule has 240 valence electrons. The van der Waals surface area contributed by atoms with Gasteiger partial charge in [-0.25, -0.2) is 0 Å². The van der Waals surface area contributed by atoms with Crippen LogP contribution < -0.4 is 38.9 Å². The molecule has 12 N–H and O–H groups in total. The van der Waals surface area contributed by atoms with Gasteiger partial charge in [0.2, 0.25) is 23.6 Å². The summed E-state index contributed by atoms with van der Waals surface area (Å²) in [6.07, 6.45) is 1.62. The van der Waals surface area contributed by atoms with Gasteiger partial charge in [-0.15, -0.1) is 0 Å². The van der Waals surface area contributed by atoms with Gasteiger partial charge in [0.05, 0.1) is 6.04 Å². The molecule has 0 radical (unpaired) electrons.